The minimum absolute atomic E-state index is 0.116. The van der Waals surface area contributed by atoms with Crippen molar-refractivity contribution in [3.63, 3.8) is 0 Å². The number of carbonyl (C=O) groups is 2. The van der Waals surface area contributed by atoms with Gasteiger partial charge in [0.25, 0.3) is 5.91 Å². The third kappa shape index (κ3) is 4.51. The molecule has 2 aromatic rings. The maximum Gasteiger partial charge on any atom is 0.286 e. The minimum atomic E-state index is -0.364. The number of carbonyl (C=O) groups excluding carboxylic acids is 2. The summed E-state index contributed by atoms with van der Waals surface area (Å²) in [6.45, 7) is 0.191. The van der Waals surface area contributed by atoms with E-state index in [9.17, 15) is 9.59 Å². The Hall–Kier alpha value is -1.98. The Labute approximate surface area is 131 Å². The highest BCUT2D eigenvalue weighted by Gasteiger charge is 2.10. The van der Waals surface area contributed by atoms with Crippen LogP contribution in [0.2, 0.25) is 10.0 Å². The number of halogens is 2. The van der Waals surface area contributed by atoms with Crippen molar-refractivity contribution in [1.29, 1.82) is 0 Å². The lowest BCUT2D eigenvalue weighted by Gasteiger charge is -2.08. The van der Waals surface area contributed by atoms with Crippen molar-refractivity contribution in [2.24, 2.45) is 0 Å². The van der Waals surface area contributed by atoms with Crippen molar-refractivity contribution in [2.75, 3.05) is 11.9 Å². The third-order valence-electron chi connectivity index (χ3n) is 2.59. The lowest BCUT2D eigenvalue weighted by atomic mass is 10.3. The van der Waals surface area contributed by atoms with E-state index in [0.717, 1.165) is 0 Å². The fourth-order valence-electron chi connectivity index (χ4n) is 1.59. The van der Waals surface area contributed by atoms with Gasteiger partial charge in [0.05, 0.1) is 17.0 Å². The van der Waals surface area contributed by atoms with Crippen molar-refractivity contribution in [2.45, 2.75) is 6.42 Å². The lowest BCUT2D eigenvalue weighted by molar-refractivity contribution is -0.116. The topological polar surface area (TPSA) is 71.3 Å². The first-order valence-electron chi connectivity index (χ1n) is 6.13. The van der Waals surface area contributed by atoms with E-state index in [-0.39, 0.29) is 30.5 Å². The molecule has 1 aromatic carbocycles. The molecule has 0 atom stereocenters. The molecule has 0 saturated carbocycles. The Bertz CT molecular complexity index is 642. The summed E-state index contributed by atoms with van der Waals surface area (Å²) >= 11 is 11.7. The van der Waals surface area contributed by atoms with Crippen LogP contribution in [0.25, 0.3) is 0 Å². The summed E-state index contributed by atoms with van der Waals surface area (Å²) in [4.78, 5) is 23.3. The van der Waals surface area contributed by atoms with E-state index in [1.807, 2.05) is 0 Å². The molecule has 1 heterocycles. The summed E-state index contributed by atoms with van der Waals surface area (Å²) in [5.41, 5.74) is 0.475. The van der Waals surface area contributed by atoms with E-state index >= 15 is 0 Å². The van der Waals surface area contributed by atoms with Crippen LogP contribution in [-0.2, 0) is 4.79 Å². The van der Waals surface area contributed by atoms with Crippen molar-refractivity contribution in [3.8, 4) is 0 Å². The van der Waals surface area contributed by atoms with Crippen molar-refractivity contribution in [1.82, 2.24) is 5.32 Å². The lowest BCUT2D eigenvalue weighted by Crippen LogP contribution is -2.27. The highest BCUT2D eigenvalue weighted by molar-refractivity contribution is 6.36. The van der Waals surface area contributed by atoms with Crippen molar-refractivity contribution >= 4 is 40.7 Å². The quantitative estimate of drug-likeness (QED) is 0.885. The van der Waals surface area contributed by atoms with E-state index in [1.54, 1.807) is 24.3 Å². The average Bonchev–Trinajstić information content (AvgIpc) is 2.96. The Morgan fingerprint density at radius 2 is 2.00 bits per heavy atom. The predicted molar refractivity (Wildman–Crippen MR) is 80.7 cm³/mol. The first kappa shape index (κ1) is 15.4. The Balaban J connectivity index is 1.78. The third-order valence-corrected chi connectivity index (χ3v) is 3.14. The van der Waals surface area contributed by atoms with Crippen LogP contribution in [0.15, 0.2) is 41.0 Å². The first-order chi connectivity index (χ1) is 10.1. The molecular formula is C14H12Cl2N2O3. The molecule has 0 aliphatic rings. The van der Waals surface area contributed by atoms with Crippen LogP contribution < -0.4 is 10.6 Å². The summed E-state index contributed by atoms with van der Waals surface area (Å²) in [5.74, 6) is -0.424. The van der Waals surface area contributed by atoms with Crippen molar-refractivity contribution < 1.29 is 14.0 Å². The number of benzene rings is 1. The predicted octanol–water partition coefficient (Wildman–Crippen LogP) is 3.35. The SMILES string of the molecule is O=C(CCNC(=O)c1ccco1)Nc1ccc(Cl)cc1Cl. The molecule has 0 spiro atoms. The van der Waals surface area contributed by atoms with Crippen LogP contribution in [0.3, 0.4) is 0 Å². The number of hydrogen-bond acceptors (Lipinski definition) is 3. The second kappa shape index (κ2) is 7.15. The molecule has 5 nitrogen and oxygen atoms in total. The molecule has 21 heavy (non-hydrogen) atoms. The van der Waals surface area contributed by atoms with Gasteiger partial charge >= 0.3 is 0 Å². The second-order valence-corrected chi connectivity index (χ2v) is 5.00. The maximum absolute atomic E-state index is 11.7. The highest BCUT2D eigenvalue weighted by Crippen LogP contribution is 2.25. The monoisotopic (exact) mass is 326 g/mol. The van der Waals surface area contributed by atoms with E-state index < -0.39 is 0 Å². The zero-order chi connectivity index (χ0) is 15.2. The molecule has 0 aliphatic heterocycles. The van der Waals surface area contributed by atoms with E-state index in [1.165, 1.54) is 12.3 Å². The number of amides is 2. The number of anilines is 1. The largest absolute Gasteiger partial charge is 0.459 e. The smallest absolute Gasteiger partial charge is 0.286 e. The highest BCUT2D eigenvalue weighted by atomic mass is 35.5. The van der Waals surface area contributed by atoms with Gasteiger partial charge in [-0.25, -0.2) is 0 Å². The van der Waals surface area contributed by atoms with Gasteiger partial charge in [0.15, 0.2) is 5.76 Å². The zero-order valence-electron chi connectivity index (χ0n) is 10.9. The molecule has 0 fully saturated rings. The molecule has 110 valence electrons. The second-order valence-electron chi connectivity index (χ2n) is 4.16. The van der Waals surface area contributed by atoms with Crippen molar-refractivity contribution in [3.05, 3.63) is 52.4 Å². The molecule has 0 radical (unpaired) electrons. The van der Waals surface area contributed by atoms with Gasteiger partial charge in [-0.15, -0.1) is 0 Å². The normalized spacial score (nSPS) is 10.2. The van der Waals surface area contributed by atoms with Gasteiger partial charge in [-0.2, -0.15) is 0 Å². The van der Waals surface area contributed by atoms with Gasteiger partial charge in [-0.3, -0.25) is 9.59 Å². The van der Waals surface area contributed by atoms with Gasteiger partial charge in [-0.05, 0) is 30.3 Å². The van der Waals surface area contributed by atoms with Crippen LogP contribution in [-0.4, -0.2) is 18.4 Å². The number of furan rings is 1. The van der Waals surface area contributed by atoms with Crippen LogP contribution in [0.4, 0.5) is 5.69 Å². The maximum atomic E-state index is 11.7. The fraction of sp³-hybridized carbons (Fsp3) is 0.143. The van der Waals surface area contributed by atoms with Gasteiger partial charge in [0.2, 0.25) is 5.91 Å². The van der Waals surface area contributed by atoms with E-state index in [4.69, 9.17) is 27.6 Å². The Morgan fingerprint density at radius 1 is 1.19 bits per heavy atom. The standard InChI is InChI=1S/C14H12Cl2N2O3/c15-9-3-4-11(10(16)8-9)18-13(19)5-6-17-14(20)12-2-1-7-21-12/h1-4,7-8H,5-6H2,(H,17,20)(H,18,19). The van der Waals surface area contributed by atoms with Crippen LogP contribution in [0.5, 0.6) is 0 Å². The van der Waals surface area contributed by atoms with Crippen LogP contribution in [0.1, 0.15) is 17.0 Å². The van der Waals surface area contributed by atoms with Gasteiger partial charge < -0.3 is 15.1 Å². The Morgan fingerprint density at radius 3 is 2.67 bits per heavy atom. The summed E-state index contributed by atoms with van der Waals surface area (Å²) in [6, 6.07) is 7.94. The Kier molecular flexibility index (Phi) is 5.25. The average molecular weight is 327 g/mol. The minimum Gasteiger partial charge on any atom is -0.459 e. The van der Waals surface area contributed by atoms with E-state index in [0.29, 0.717) is 15.7 Å². The first-order valence-corrected chi connectivity index (χ1v) is 6.88. The molecule has 1 aromatic heterocycles. The number of hydrogen-bond donors (Lipinski definition) is 2. The van der Waals surface area contributed by atoms with E-state index in [2.05, 4.69) is 10.6 Å². The van der Waals surface area contributed by atoms with Gasteiger partial charge in [0.1, 0.15) is 0 Å². The van der Waals surface area contributed by atoms with Gasteiger partial charge in [0, 0.05) is 18.0 Å². The molecule has 2 rings (SSSR count). The molecule has 0 unspecified atom stereocenters. The number of rotatable bonds is 5. The fourth-order valence-corrected chi connectivity index (χ4v) is 2.04. The van der Waals surface area contributed by atoms with Crippen LogP contribution in [0, 0.1) is 0 Å². The zero-order valence-corrected chi connectivity index (χ0v) is 12.4. The molecule has 2 amide bonds. The molecular weight excluding hydrogens is 315 g/mol. The summed E-state index contributed by atoms with van der Waals surface area (Å²) in [6.07, 6.45) is 1.52. The summed E-state index contributed by atoms with van der Waals surface area (Å²) in [7, 11) is 0. The molecule has 0 saturated heterocycles. The van der Waals surface area contributed by atoms with Gasteiger partial charge in [-0.1, -0.05) is 23.2 Å². The molecule has 7 heteroatoms. The summed E-state index contributed by atoms with van der Waals surface area (Å²) < 4.78 is 4.93. The molecule has 0 aliphatic carbocycles. The summed E-state index contributed by atoms with van der Waals surface area (Å²) in [5, 5.41) is 6.07. The molecule has 0 bridgehead atoms. The molecule has 2 N–H and O–H groups in total. The number of nitrogens with one attached hydrogen (secondary N) is 2. The van der Waals surface area contributed by atoms with Crippen LogP contribution >= 0.6 is 23.2 Å².